The fourth-order valence-electron chi connectivity index (χ4n) is 0.798. The van der Waals surface area contributed by atoms with Crippen LogP contribution in [0.3, 0.4) is 0 Å². The maximum atomic E-state index is 9.25. The van der Waals surface area contributed by atoms with Gasteiger partial charge in [0, 0.05) is 5.56 Å². The molecule has 13 heavy (non-hydrogen) atoms. The highest BCUT2D eigenvalue weighted by atomic mass is 16.6. The zero-order chi connectivity index (χ0) is 9.84. The molecule has 1 aromatic carbocycles. The topological polar surface area (TPSA) is 82.3 Å². The molecule has 5 heteroatoms. The first kappa shape index (κ1) is 9.18. The lowest BCUT2D eigenvalue weighted by molar-refractivity contribution is 0.215. The van der Waals surface area contributed by atoms with Crippen molar-refractivity contribution in [3.63, 3.8) is 0 Å². The van der Waals surface area contributed by atoms with Crippen LogP contribution in [0.25, 0.3) is 0 Å². The Morgan fingerprint density at radius 2 is 1.92 bits per heavy atom. The van der Waals surface area contributed by atoms with Gasteiger partial charge in [-0.2, -0.15) is 0 Å². The van der Waals surface area contributed by atoms with Gasteiger partial charge in [-0.25, -0.2) is 0 Å². The Morgan fingerprint density at radius 3 is 2.54 bits per heavy atom. The van der Waals surface area contributed by atoms with Crippen LogP contribution in [-0.2, 0) is 4.84 Å². The summed E-state index contributed by atoms with van der Waals surface area (Å²) in [5, 5.41) is 30.7. The number of hydrogen-bond donors (Lipinski definition) is 3. The molecule has 0 saturated heterocycles. The van der Waals surface area contributed by atoms with Gasteiger partial charge >= 0.3 is 0 Å². The molecule has 3 N–H and O–H groups in total. The molecule has 0 saturated carbocycles. The third-order valence-corrected chi connectivity index (χ3v) is 1.46. The van der Waals surface area contributed by atoms with Crippen LogP contribution in [0, 0.1) is 0 Å². The van der Waals surface area contributed by atoms with Crippen LogP contribution in [0.15, 0.2) is 17.3 Å². The van der Waals surface area contributed by atoms with Gasteiger partial charge in [0.2, 0.25) is 5.75 Å². The third kappa shape index (κ3) is 1.81. The van der Waals surface area contributed by atoms with E-state index in [9.17, 15) is 5.11 Å². The molecule has 0 aliphatic rings. The summed E-state index contributed by atoms with van der Waals surface area (Å²) in [7, 11) is 1.35. The molecule has 0 aromatic heterocycles. The fourth-order valence-corrected chi connectivity index (χ4v) is 0.798. The van der Waals surface area contributed by atoms with E-state index in [1.165, 1.54) is 25.5 Å². The Bertz CT molecular complexity index is 335. The summed E-state index contributed by atoms with van der Waals surface area (Å²) in [5.74, 6) is -1.38. The van der Waals surface area contributed by atoms with E-state index in [-0.39, 0.29) is 11.3 Å². The minimum atomic E-state index is -0.569. The van der Waals surface area contributed by atoms with E-state index < -0.39 is 11.5 Å². The second-order valence-electron chi connectivity index (χ2n) is 2.29. The highest BCUT2D eigenvalue weighted by molar-refractivity contribution is 5.85. The van der Waals surface area contributed by atoms with Crippen molar-refractivity contribution in [1.29, 1.82) is 0 Å². The fraction of sp³-hybridized carbons (Fsp3) is 0.125. The number of phenolic OH excluding ortho intramolecular Hbond substituents is 3. The summed E-state index contributed by atoms with van der Waals surface area (Å²) in [4.78, 5) is 4.39. The van der Waals surface area contributed by atoms with Crippen LogP contribution < -0.4 is 0 Å². The van der Waals surface area contributed by atoms with Crippen LogP contribution in [-0.4, -0.2) is 28.6 Å². The molecule has 5 nitrogen and oxygen atoms in total. The first-order valence-electron chi connectivity index (χ1n) is 3.47. The maximum Gasteiger partial charge on any atom is 0.200 e. The predicted molar refractivity (Wildman–Crippen MR) is 46.0 cm³/mol. The van der Waals surface area contributed by atoms with E-state index in [0.29, 0.717) is 0 Å². The van der Waals surface area contributed by atoms with E-state index in [1.54, 1.807) is 0 Å². The van der Waals surface area contributed by atoms with Crippen LogP contribution in [0.4, 0.5) is 0 Å². The number of hydrogen-bond acceptors (Lipinski definition) is 5. The van der Waals surface area contributed by atoms with Crippen LogP contribution in [0.5, 0.6) is 17.2 Å². The first-order valence-corrected chi connectivity index (χ1v) is 3.47. The standard InChI is InChI=1S/C8H9NO4/c1-13-9-4-5-2-3-6(10)8(12)7(5)11/h2-4,10-12H,1H3. The van der Waals surface area contributed by atoms with Crippen LogP contribution in [0.2, 0.25) is 0 Å². The van der Waals surface area contributed by atoms with Crippen molar-refractivity contribution in [3.8, 4) is 17.2 Å². The first-order chi connectivity index (χ1) is 6.16. The van der Waals surface area contributed by atoms with Crippen molar-refractivity contribution in [2.24, 2.45) is 5.16 Å². The number of oxime groups is 1. The normalized spacial score (nSPS) is 10.5. The molecule has 1 rings (SSSR count). The third-order valence-electron chi connectivity index (χ3n) is 1.46. The van der Waals surface area contributed by atoms with Crippen molar-refractivity contribution < 1.29 is 20.2 Å². The molecule has 0 aliphatic carbocycles. The van der Waals surface area contributed by atoms with Gasteiger partial charge in [0.25, 0.3) is 0 Å². The minimum Gasteiger partial charge on any atom is -0.504 e. The average Bonchev–Trinajstić information content (AvgIpc) is 2.13. The van der Waals surface area contributed by atoms with Crippen molar-refractivity contribution in [2.45, 2.75) is 0 Å². The van der Waals surface area contributed by atoms with Crippen molar-refractivity contribution in [1.82, 2.24) is 0 Å². The lowest BCUT2D eigenvalue weighted by atomic mass is 10.2. The monoisotopic (exact) mass is 183 g/mol. The van der Waals surface area contributed by atoms with E-state index in [1.807, 2.05) is 0 Å². The second-order valence-corrected chi connectivity index (χ2v) is 2.29. The van der Waals surface area contributed by atoms with Gasteiger partial charge in [0.1, 0.15) is 7.11 Å². The van der Waals surface area contributed by atoms with E-state index in [2.05, 4.69) is 9.99 Å². The molecular weight excluding hydrogens is 174 g/mol. The smallest absolute Gasteiger partial charge is 0.200 e. The van der Waals surface area contributed by atoms with Gasteiger partial charge in [0.05, 0.1) is 6.21 Å². The molecule has 1 aromatic rings. The molecule has 0 spiro atoms. The minimum absolute atomic E-state index is 0.261. The van der Waals surface area contributed by atoms with Crippen molar-refractivity contribution in [3.05, 3.63) is 17.7 Å². The number of phenols is 3. The van der Waals surface area contributed by atoms with Gasteiger partial charge in [-0.15, -0.1) is 0 Å². The zero-order valence-electron chi connectivity index (χ0n) is 6.93. The molecule has 0 heterocycles. The van der Waals surface area contributed by atoms with E-state index in [4.69, 9.17) is 10.2 Å². The molecule has 0 unspecified atom stereocenters. The van der Waals surface area contributed by atoms with Gasteiger partial charge < -0.3 is 20.2 Å². The molecule has 0 bridgehead atoms. The van der Waals surface area contributed by atoms with Crippen molar-refractivity contribution >= 4 is 6.21 Å². The summed E-state index contributed by atoms with van der Waals surface area (Å²) in [6, 6.07) is 2.64. The molecule has 0 atom stereocenters. The molecular formula is C8H9NO4. The quantitative estimate of drug-likeness (QED) is 0.359. The highest BCUT2D eigenvalue weighted by Crippen LogP contribution is 2.36. The summed E-state index contributed by atoms with van der Waals surface area (Å²) in [6.45, 7) is 0. The summed E-state index contributed by atoms with van der Waals surface area (Å²) in [6.07, 6.45) is 1.22. The van der Waals surface area contributed by atoms with Gasteiger partial charge in [-0.1, -0.05) is 5.16 Å². The maximum absolute atomic E-state index is 9.25. The molecule has 0 radical (unpaired) electrons. The Labute approximate surface area is 74.5 Å². The Hall–Kier alpha value is -1.91. The van der Waals surface area contributed by atoms with Crippen LogP contribution in [0.1, 0.15) is 5.56 Å². The lowest BCUT2D eigenvalue weighted by Gasteiger charge is -2.02. The zero-order valence-corrected chi connectivity index (χ0v) is 6.93. The SMILES string of the molecule is CON=Cc1ccc(O)c(O)c1O. The van der Waals surface area contributed by atoms with E-state index >= 15 is 0 Å². The van der Waals surface area contributed by atoms with E-state index in [0.717, 1.165) is 0 Å². The molecule has 0 amide bonds. The Balaban J connectivity index is 3.11. The Kier molecular flexibility index (Phi) is 2.59. The largest absolute Gasteiger partial charge is 0.504 e. The number of benzene rings is 1. The van der Waals surface area contributed by atoms with Gasteiger partial charge in [0.15, 0.2) is 11.5 Å². The molecule has 70 valence electrons. The highest BCUT2D eigenvalue weighted by Gasteiger charge is 2.08. The average molecular weight is 183 g/mol. The van der Waals surface area contributed by atoms with Crippen molar-refractivity contribution in [2.75, 3.05) is 7.11 Å². The summed E-state index contributed by atoms with van der Waals surface area (Å²) < 4.78 is 0. The summed E-state index contributed by atoms with van der Waals surface area (Å²) >= 11 is 0. The van der Waals surface area contributed by atoms with Gasteiger partial charge in [-0.3, -0.25) is 0 Å². The van der Waals surface area contributed by atoms with Crippen LogP contribution >= 0.6 is 0 Å². The van der Waals surface area contributed by atoms with Gasteiger partial charge in [-0.05, 0) is 12.1 Å². The number of aromatic hydroxyl groups is 3. The Morgan fingerprint density at radius 1 is 1.23 bits per heavy atom. The summed E-state index contributed by atoms with van der Waals surface area (Å²) in [5.41, 5.74) is 0.261. The number of nitrogens with zero attached hydrogens (tertiary/aromatic N) is 1. The lowest BCUT2D eigenvalue weighted by Crippen LogP contribution is -1.84. The number of rotatable bonds is 2. The molecule has 0 aliphatic heterocycles. The molecule has 0 fully saturated rings. The second kappa shape index (κ2) is 3.66. The predicted octanol–water partition coefficient (Wildman–Crippen LogP) is 0.784.